The highest BCUT2D eigenvalue weighted by molar-refractivity contribution is 6.30. The second-order valence-electron chi connectivity index (χ2n) is 5.74. The van der Waals surface area contributed by atoms with E-state index in [0.29, 0.717) is 17.1 Å². The molecule has 1 unspecified atom stereocenters. The van der Waals surface area contributed by atoms with E-state index in [1.165, 1.54) is 0 Å². The van der Waals surface area contributed by atoms with Crippen LogP contribution in [0.2, 0.25) is 5.02 Å². The molecule has 0 aliphatic carbocycles. The molecule has 0 radical (unpaired) electrons. The van der Waals surface area contributed by atoms with Crippen LogP contribution in [0, 0.1) is 5.92 Å². The van der Waals surface area contributed by atoms with Crippen LogP contribution in [0.15, 0.2) is 24.3 Å². The zero-order valence-corrected chi connectivity index (χ0v) is 16.0. The SMILES string of the molecule is CCCNCCNC(=O)C(NC(=O)c1ccc(Cl)cc1)C(C)C.Cl. The molecule has 0 heterocycles. The van der Waals surface area contributed by atoms with Crippen LogP contribution in [0.1, 0.15) is 37.6 Å². The molecule has 0 aliphatic rings. The Hall–Kier alpha value is -1.30. The van der Waals surface area contributed by atoms with Crippen molar-refractivity contribution in [2.75, 3.05) is 19.6 Å². The van der Waals surface area contributed by atoms with Gasteiger partial charge in [-0.3, -0.25) is 9.59 Å². The van der Waals surface area contributed by atoms with Gasteiger partial charge in [0.2, 0.25) is 5.91 Å². The average molecular weight is 376 g/mol. The van der Waals surface area contributed by atoms with Crippen molar-refractivity contribution in [1.29, 1.82) is 0 Å². The minimum absolute atomic E-state index is 0. The molecule has 0 saturated heterocycles. The summed E-state index contributed by atoms with van der Waals surface area (Å²) in [6, 6.07) is 6.02. The smallest absolute Gasteiger partial charge is 0.251 e. The second-order valence-corrected chi connectivity index (χ2v) is 6.18. The number of halogens is 2. The molecule has 136 valence electrons. The van der Waals surface area contributed by atoms with Gasteiger partial charge in [-0.05, 0) is 43.1 Å². The molecular formula is C17H27Cl2N3O2. The molecule has 1 rings (SSSR count). The fraction of sp³-hybridized carbons (Fsp3) is 0.529. The van der Waals surface area contributed by atoms with E-state index in [1.54, 1.807) is 24.3 Å². The van der Waals surface area contributed by atoms with Crippen molar-refractivity contribution in [3.8, 4) is 0 Å². The third-order valence-corrected chi connectivity index (χ3v) is 3.62. The Bertz CT molecular complexity index is 507. The molecule has 0 saturated carbocycles. The number of nitrogens with one attached hydrogen (secondary N) is 3. The van der Waals surface area contributed by atoms with Gasteiger partial charge < -0.3 is 16.0 Å². The van der Waals surface area contributed by atoms with Crippen molar-refractivity contribution in [1.82, 2.24) is 16.0 Å². The van der Waals surface area contributed by atoms with E-state index in [2.05, 4.69) is 22.9 Å². The molecule has 2 amide bonds. The molecule has 3 N–H and O–H groups in total. The van der Waals surface area contributed by atoms with Crippen LogP contribution < -0.4 is 16.0 Å². The van der Waals surface area contributed by atoms with Gasteiger partial charge in [0.05, 0.1) is 0 Å². The molecule has 1 aromatic carbocycles. The van der Waals surface area contributed by atoms with Crippen molar-refractivity contribution >= 4 is 35.8 Å². The Morgan fingerprint density at radius 2 is 1.71 bits per heavy atom. The molecule has 0 aromatic heterocycles. The predicted octanol–water partition coefficient (Wildman–Crippen LogP) is 2.63. The molecule has 0 fully saturated rings. The first-order valence-electron chi connectivity index (χ1n) is 8.00. The first kappa shape index (κ1) is 22.7. The number of hydrogen-bond donors (Lipinski definition) is 3. The van der Waals surface area contributed by atoms with Gasteiger partial charge in [0, 0.05) is 23.7 Å². The maximum Gasteiger partial charge on any atom is 0.251 e. The lowest BCUT2D eigenvalue weighted by molar-refractivity contribution is -0.123. The Labute approximate surface area is 155 Å². The van der Waals surface area contributed by atoms with Gasteiger partial charge in [-0.15, -0.1) is 12.4 Å². The zero-order chi connectivity index (χ0) is 17.2. The summed E-state index contributed by atoms with van der Waals surface area (Å²) in [5.41, 5.74) is 0.484. The fourth-order valence-electron chi connectivity index (χ4n) is 2.05. The summed E-state index contributed by atoms with van der Waals surface area (Å²) in [5, 5.41) is 9.43. The summed E-state index contributed by atoms with van der Waals surface area (Å²) < 4.78 is 0. The van der Waals surface area contributed by atoms with Crippen LogP contribution in [-0.2, 0) is 4.79 Å². The van der Waals surface area contributed by atoms with Crippen molar-refractivity contribution in [3.05, 3.63) is 34.9 Å². The Morgan fingerprint density at radius 3 is 2.25 bits per heavy atom. The summed E-state index contributed by atoms with van der Waals surface area (Å²) in [6.07, 6.45) is 1.06. The van der Waals surface area contributed by atoms with Gasteiger partial charge in [-0.2, -0.15) is 0 Å². The van der Waals surface area contributed by atoms with Gasteiger partial charge in [-0.1, -0.05) is 32.4 Å². The molecule has 0 bridgehead atoms. The molecule has 7 heteroatoms. The minimum Gasteiger partial charge on any atom is -0.353 e. The normalized spacial score (nSPS) is 11.5. The summed E-state index contributed by atoms with van der Waals surface area (Å²) in [6.45, 7) is 8.08. The Kier molecular flexibility index (Phi) is 11.5. The molecule has 5 nitrogen and oxygen atoms in total. The van der Waals surface area contributed by atoms with Crippen LogP contribution in [-0.4, -0.2) is 37.5 Å². The maximum atomic E-state index is 12.3. The van der Waals surface area contributed by atoms with Gasteiger partial charge >= 0.3 is 0 Å². The first-order valence-corrected chi connectivity index (χ1v) is 8.38. The van der Waals surface area contributed by atoms with E-state index < -0.39 is 6.04 Å². The molecule has 1 aromatic rings. The fourth-order valence-corrected chi connectivity index (χ4v) is 2.17. The van der Waals surface area contributed by atoms with E-state index in [0.717, 1.165) is 19.5 Å². The predicted molar refractivity (Wildman–Crippen MR) is 101 cm³/mol. The van der Waals surface area contributed by atoms with E-state index in [9.17, 15) is 9.59 Å². The topological polar surface area (TPSA) is 70.2 Å². The van der Waals surface area contributed by atoms with Crippen molar-refractivity contribution in [3.63, 3.8) is 0 Å². The van der Waals surface area contributed by atoms with E-state index in [-0.39, 0.29) is 30.1 Å². The summed E-state index contributed by atoms with van der Waals surface area (Å²) in [5.74, 6) is -0.449. The standard InChI is InChI=1S/C17H26ClN3O2.ClH/c1-4-9-19-10-11-20-17(23)15(12(2)3)21-16(22)13-5-7-14(18)8-6-13;/h5-8,12,15,19H,4,9-11H2,1-3H3,(H,20,23)(H,21,22);1H. The van der Waals surface area contributed by atoms with Crippen molar-refractivity contribution in [2.45, 2.75) is 33.2 Å². The van der Waals surface area contributed by atoms with Gasteiger partial charge in [-0.25, -0.2) is 0 Å². The van der Waals surface area contributed by atoms with E-state index in [1.807, 2.05) is 13.8 Å². The van der Waals surface area contributed by atoms with Crippen molar-refractivity contribution in [2.24, 2.45) is 5.92 Å². The lowest BCUT2D eigenvalue weighted by Gasteiger charge is -2.22. The zero-order valence-electron chi connectivity index (χ0n) is 14.4. The lowest BCUT2D eigenvalue weighted by atomic mass is 10.0. The van der Waals surface area contributed by atoms with Crippen LogP contribution in [0.25, 0.3) is 0 Å². The number of amides is 2. The highest BCUT2D eigenvalue weighted by Crippen LogP contribution is 2.10. The van der Waals surface area contributed by atoms with Crippen molar-refractivity contribution < 1.29 is 9.59 Å². The summed E-state index contributed by atoms with van der Waals surface area (Å²) in [4.78, 5) is 24.5. The van der Waals surface area contributed by atoms with Crippen LogP contribution in [0.4, 0.5) is 0 Å². The third kappa shape index (κ3) is 7.99. The van der Waals surface area contributed by atoms with Crippen LogP contribution in [0.3, 0.4) is 0 Å². The van der Waals surface area contributed by atoms with Crippen LogP contribution >= 0.6 is 24.0 Å². The first-order chi connectivity index (χ1) is 11.0. The molecule has 0 spiro atoms. The highest BCUT2D eigenvalue weighted by atomic mass is 35.5. The molecule has 0 aliphatic heterocycles. The highest BCUT2D eigenvalue weighted by Gasteiger charge is 2.24. The van der Waals surface area contributed by atoms with E-state index >= 15 is 0 Å². The lowest BCUT2D eigenvalue weighted by Crippen LogP contribution is -2.50. The average Bonchev–Trinajstić information content (AvgIpc) is 2.52. The number of benzene rings is 1. The number of rotatable bonds is 9. The minimum atomic E-state index is -0.565. The molecular weight excluding hydrogens is 349 g/mol. The largest absolute Gasteiger partial charge is 0.353 e. The Balaban J connectivity index is 0.00000529. The third-order valence-electron chi connectivity index (χ3n) is 3.37. The number of carbonyl (C=O) groups is 2. The summed E-state index contributed by atoms with van der Waals surface area (Å²) >= 11 is 5.81. The Morgan fingerprint density at radius 1 is 1.08 bits per heavy atom. The quantitative estimate of drug-likeness (QED) is 0.581. The van der Waals surface area contributed by atoms with Gasteiger partial charge in [0.15, 0.2) is 0 Å². The number of carbonyl (C=O) groups excluding carboxylic acids is 2. The maximum absolute atomic E-state index is 12.3. The summed E-state index contributed by atoms with van der Waals surface area (Å²) in [7, 11) is 0. The molecule has 1 atom stereocenters. The number of hydrogen-bond acceptors (Lipinski definition) is 3. The van der Waals surface area contributed by atoms with E-state index in [4.69, 9.17) is 11.6 Å². The second kappa shape index (κ2) is 12.1. The molecule has 24 heavy (non-hydrogen) atoms. The monoisotopic (exact) mass is 375 g/mol. The van der Waals surface area contributed by atoms with Gasteiger partial charge in [0.1, 0.15) is 6.04 Å². The van der Waals surface area contributed by atoms with Crippen LogP contribution in [0.5, 0.6) is 0 Å². The van der Waals surface area contributed by atoms with Gasteiger partial charge in [0.25, 0.3) is 5.91 Å².